The van der Waals surface area contributed by atoms with E-state index in [1.165, 1.54) is 6.92 Å². The average molecular weight is 328 g/mol. The molecule has 0 N–H and O–H groups in total. The molecule has 7 nitrogen and oxygen atoms in total. The molecule has 3 saturated heterocycles. The minimum atomic E-state index is -0.770. The third kappa shape index (κ3) is 3.59. The standard InChI is InChI=1S/C16H24O7/c1-9(17)18-7-6-10-8-19-15(2,3)21-12-11(10)20-14-13(12)22-16(4,5)23-14/h6,11-14H,7-8H2,1-5H3/b10-6-/t11-,12+,13+,14+/m0/s1. The van der Waals surface area contributed by atoms with Gasteiger partial charge in [0.05, 0.1) is 6.61 Å². The lowest BCUT2D eigenvalue weighted by molar-refractivity contribution is -0.253. The van der Waals surface area contributed by atoms with Gasteiger partial charge in [-0.15, -0.1) is 0 Å². The Morgan fingerprint density at radius 3 is 2.57 bits per heavy atom. The van der Waals surface area contributed by atoms with E-state index in [-0.39, 0.29) is 30.9 Å². The van der Waals surface area contributed by atoms with Crippen molar-refractivity contribution in [3.05, 3.63) is 11.6 Å². The molecule has 0 aromatic carbocycles. The minimum Gasteiger partial charge on any atom is -0.462 e. The fraction of sp³-hybridized carbons (Fsp3) is 0.812. The van der Waals surface area contributed by atoms with Gasteiger partial charge in [-0.1, -0.05) is 0 Å². The smallest absolute Gasteiger partial charge is 0.302 e. The van der Waals surface area contributed by atoms with E-state index in [1.54, 1.807) is 6.08 Å². The Balaban J connectivity index is 1.81. The van der Waals surface area contributed by atoms with E-state index in [9.17, 15) is 4.79 Å². The molecule has 3 fully saturated rings. The first-order chi connectivity index (χ1) is 10.7. The fourth-order valence-corrected chi connectivity index (χ4v) is 3.05. The van der Waals surface area contributed by atoms with E-state index in [0.29, 0.717) is 6.61 Å². The van der Waals surface area contributed by atoms with Crippen molar-refractivity contribution in [2.75, 3.05) is 13.2 Å². The quantitative estimate of drug-likeness (QED) is 0.562. The van der Waals surface area contributed by atoms with Gasteiger partial charge in [-0.3, -0.25) is 4.79 Å². The van der Waals surface area contributed by atoms with Crippen LogP contribution in [0.2, 0.25) is 0 Å². The molecule has 0 saturated carbocycles. The predicted molar refractivity (Wildman–Crippen MR) is 78.3 cm³/mol. The SMILES string of the molecule is CC(=O)OC/C=C1/COC(C)(C)O[C@H]2[C@H]3OC(C)(C)O[C@H]3O[C@@H]12. The Morgan fingerprint density at radius 1 is 1.17 bits per heavy atom. The summed E-state index contributed by atoms with van der Waals surface area (Å²) in [7, 11) is 0. The van der Waals surface area contributed by atoms with Crippen LogP contribution < -0.4 is 0 Å². The third-order valence-electron chi connectivity index (χ3n) is 3.99. The van der Waals surface area contributed by atoms with Crippen LogP contribution in [0.4, 0.5) is 0 Å². The maximum absolute atomic E-state index is 10.9. The molecule has 3 aliphatic rings. The van der Waals surface area contributed by atoms with Crippen LogP contribution in [-0.2, 0) is 33.2 Å². The topological polar surface area (TPSA) is 72.5 Å². The van der Waals surface area contributed by atoms with Crippen molar-refractivity contribution in [2.45, 2.75) is 70.8 Å². The normalized spacial score (nSPS) is 39.6. The highest BCUT2D eigenvalue weighted by Crippen LogP contribution is 2.43. The van der Waals surface area contributed by atoms with E-state index in [1.807, 2.05) is 27.7 Å². The number of carbonyl (C=O) groups excluding carboxylic acids is 1. The van der Waals surface area contributed by atoms with Crippen LogP contribution in [0.15, 0.2) is 11.6 Å². The van der Waals surface area contributed by atoms with Crippen LogP contribution in [0.1, 0.15) is 34.6 Å². The Labute approximate surface area is 135 Å². The summed E-state index contributed by atoms with van der Waals surface area (Å²) in [4.78, 5) is 10.9. The summed E-state index contributed by atoms with van der Waals surface area (Å²) in [5, 5.41) is 0. The van der Waals surface area contributed by atoms with E-state index >= 15 is 0 Å². The van der Waals surface area contributed by atoms with Gasteiger partial charge >= 0.3 is 5.97 Å². The second kappa shape index (κ2) is 5.82. The molecule has 0 unspecified atom stereocenters. The van der Waals surface area contributed by atoms with Crippen molar-refractivity contribution < 1.29 is 33.2 Å². The number of fused-ring (bicyclic) bond motifs is 3. The molecule has 0 aromatic heterocycles. The van der Waals surface area contributed by atoms with Crippen LogP contribution in [0.25, 0.3) is 0 Å². The molecule has 0 spiro atoms. The molecule has 130 valence electrons. The molecule has 3 heterocycles. The van der Waals surface area contributed by atoms with Gasteiger partial charge in [0, 0.05) is 6.92 Å². The Bertz CT molecular complexity index is 511. The molecule has 23 heavy (non-hydrogen) atoms. The number of carbonyl (C=O) groups is 1. The summed E-state index contributed by atoms with van der Waals surface area (Å²) in [6.07, 6.45) is 0.302. The molecule has 7 heteroatoms. The zero-order valence-electron chi connectivity index (χ0n) is 14.2. The van der Waals surface area contributed by atoms with Crippen LogP contribution >= 0.6 is 0 Å². The summed E-state index contributed by atoms with van der Waals surface area (Å²) in [5.41, 5.74) is 0.862. The molecule has 3 aliphatic heterocycles. The van der Waals surface area contributed by atoms with Gasteiger partial charge < -0.3 is 28.4 Å². The minimum absolute atomic E-state index is 0.170. The first kappa shape index (κ1) is 16.9. The van der Waals surface area contributed by atoms with Gasteiger partial charge in [0.1, 0.15) is 24.9 Å². The second-order valence-electron chi connectivity index (χ2n) is 6.88. The molecule has 0 amide bonds. The van der Waals surface area contributed by atoms with Gasteiger partial charge in [-0.05, 0) is 39.3 Å². The van der Waals surface area contributed by atoms with Crippen LogP contribution in [0.3, 0.4) is 0 Å². The molecule has 0 bridgehead atoms. The van der Waals surface area contributed by atoms with Gasteiger partial charge in [0.2, 0.25) is 0 Å². The first-order valence-electron chi connectivity index (χ1n) is 7.82. The predicted octanol–water partition coefficient (Wildman–Crippen LogP) is 1.50. The van der Waals surface area contributed by atoms with Crippen molar-refractivity contribution >= 4 is 5.97 Å². The van der Waals surface area contributed by atoms with Crippen molar-refractivity contribution in [1.82, 2.24) is 0 Å². The maximum Gasteiger partial charge on any atom is 0.302 e. The summed E-state index contributed by atoms with van der Waals surface area (Å²) in [5.74, 6) is -1.81. The average Bonchev–Trinajstić information content (AvgIpc) is 2.82. The number of rotatable bonds is 2. The van der Waals surface area contributed by atoms with Crippen molar-refractivity contribution in [3.63, 3.8) is 0 Å². The van der Waals surface area contributed by atoms with Crippen molar-refractivity contribution in [2.24, 2.45) is 0 Å². The largest absolute Gasteiger partial charge is 0.462 e. The molecule has 4 atom stereocenters. The van der Waals surface area contributed by atoms with Crippen molar-refractivity contribution in [3.8, 4) is 0 Å². The van der Waals surface area contributed by atoms with Gasteiger partial charge in [0.15, 0.2) is 17.9 Å². The molecular weight excluding hydrogens is 304 g/mol. The Hall–Kier alpha value is -0.990. The third-order valence-corrected chi connectivity index (χ3v) is 3.99. The van der Waals surface area contributed by atoms with Crippen LogP contribution in [0, 0.1) is 0 Å². The summed E-state index contributed by atoms with van der Waals surface area (Å²) >= 11 is 0. The highest BCUT2D eigenvalue weighted by Gasteiger charge is 2.58. The fourth-order valence-electron chi connectivity index (χ4n) is 3.05. The first-order valence-corrected chi connectivity index (χ1v) is 7.82. The molecule has 0 aliphatic carbocycles. The summed E-state index contributed by atoms with van der Waals surface area (Å²) in [6.45, 7) is 9.28. The Kier molecular flexibility index (Phi) is 4.27. The lowest BCUT2D eigenvalue weighted by atomic mass is 10.0. The highest BCUT2D eigenvalue weighted by atomic mass is 16.8. The van der Waals surface area contributed by atoms with E-state index in [4.69, 9.17) is 28.4 Å². The van der Waals surface area contributed by atoms with Crippen molar-refractivity contribution in [1.29, 1.82) is 0 Å². The summed E-state index contributed by atoms with van der Waals surface area (Å²) < 4.78 is 34.6. The lowest BCUT2D eigenvalue weighted by Gasteiger charge is -2.29. The number of hydrogen-bond acceptors (Lipinski definition) is 7. The van der Waals surface area contributed by atoms with Gasteiger partial charge in [0.25, 0.3) is 0 Å². The monoisotopic (exact) mass is 328 g/mol. The molecular formula is C16H24O7. The molecule has 3 rings (SSSR count). The van der Waals surface area contributed by atoms with E-state index < -0.39 is 17.9 Å². The number of esters is 1. The second-order valence-corrected chi connectivity index (χ2v) is 6.88. The molecule has 0 aromatic rings. The number of hydrogen-bond donors (Lipinski definition) is 0. The Morgan fingerprint density at radius 2 is 1.87 bits per heavy atom. The van der Waals surface area contributed by atoms with Crippen LogP contribution in [-0.4, -0.2) is 55.4 Å². The zero-order valence-corrected chi connectivity index (χ0v) is 14.2. The molecule has 0 radical (unpaired) electrons. The van der Waals surface area contributed by atoms with Crippen LogP contribution in [0.5, 0.6) is 0 Å². The number of ether oxygens (including phenoxy) is 6. The van der Waals surface area contributed by atoms with Gasteiger partial charge in [-0.25, -0.2) is 0 Å². The maximum atomic E-state index is 10.9. The zero-order chi connectivity index (χ0) is 16.8. The highest BCUT2D eigenvalue weighted by molar-refractivity contribution is 5.66. The summed E-state index contributed by atoms with van der Waals surface area (Å²) in [6, 6.07) is 0. The van der Waals surface area contributed by atoms with E-state index in [2.05, 4.69) is 0 Å². The van der Waals surface area contributed by atoms with E-state index in [0.717, 1.165) is 5.57 Å². The lowest BCUT2D eigenvalue weighted by Crippen LogP contribution is -2.41. The van der Waals surface area contributed by atoms with Gasteiger partial charge in [-0.2, -0.15) is 0 Å².